The smallest absolute Gasteiger partial charge is 0.305 e. The van der Waals surface area contributed by atoms with Gasteiger partial charge in [-0.1, -0.05) is 11.3 Å². The first kappa shape index (κ1) is 7.36. The lowest BCUT2D eigenvalue weighted by Gasteiger charge is -1.95. The van der Waals surface area contributed by atoms with Crippen LogP contribution in [0.2, 0.25) is 0 Å². The standard InChI is InChI=1S/C8H7NO2S/c1-4-2-5(10)7-6(3-4)12-8(11)9-7/h2-3,10H,1H3,(H,9,11). The molecule has 12 heavy (non-hydrogen) atoms. The Bertz CT molecular complexity index is 483. The molecule has 0 fully saturated rings. The van der Waals surface area contributed by atoms with Gasteiger partial charge in [0.05, 0.1) is 4.70 Å². The molecule has 0 saturated heterocycles. The average Bonchev–Trinajstić information content (AvgIpc) is 2.29. The van der Waals surface area contributed by atoms with Gasteiger partial charge in [0.2, 0.25) is 0 Å². The van der Waals surface area contributed by atoms with E-state index in [1.54, 1.807) is 6.07 Å². The predicted molar refractivity (Wildman–Crippen MR) is 48.8 cm³/mol. The van der Waals surface area contributed by atoms with Crippen molar-refractivity contribution in [3.05, 3.63) is 27.4 Å². The molecule has 3 nitrogen and oxygen atoms in total. The zero-order valence-electron chi connectivity index (χ0n) is 6.42. The Kier molecular flexibility index (Phi) is 1.44. The number of phenolic OH excluding ortho intramolecular Hbond substituents is 1. The summed E-state index contributed by atoms with van der Waals surface area (Å²) in [6.45, 7) is 1.88. The van der Waals surface area contributed by atoms with E-state index in [0.29, 0.717) is 5.52 Å². The molecule has 1 aromatic heterocycles. The van der Waals surface area contributed by atoms with Crippen LogP contribution in [-0.2, 0) is 0 Å². The SMILES string of the molecule is Cc1cc(O)c2[nH]c(=O)sc2c1. The van der Waals surface area contributed by atoms with Gasteiger partial charge >= 0.3 is 4.87 Å². The Morgan fingerprint density at radius 3 is 3.00 bits per heavy atom. The molecule has 0 bridgehead atoms. The minimum absolute atomic E-state index is 0.133. The molecular formula is C8H7NO2S. The number of aromatic amines is 1. The van der Waals surface area contributed by atoms with E-state index in [2.05, 4.69) is 4.98 Å². The van der Waals surface area contributed by atoms with Crippen molar-refractivity contribution in [1.29, 1.82) is 0 Å². The average molecular weight is 181 g/mol. The van der Waals surface area contributed by atoms with Crippen molar-refractivity contribution in [2.24, 2.45) is 0 Å². The highest BCUT2D eigenvalue weighted by atomic mass is 32.1. The Labute approximate surface area is 72.3 Å². The van der Waals surface area contributed by atoms with Crippen molar-refractivity contribution in [2.45, 2.75) is 6.92 Å². The number of aromatic hydroxyl groups is 1. The molecule has 1 heterocycles. The highest BCUT2D eigenvalue weighted by Gasteiger charge is 2.04. The van der Waals surface area contributed by atoms with Gasteiger partial charge in [0, 0.05) is 0 Å². The topological polar surface area (TPSA) is 53.1 Å². The first-order valence-corrected chi connectivity index (χ1v) is 4.31. The predicted octanol–water partition coefficient (Wildman–Crippen LogP) is 1.60. The second-order valence-electron chi connectivity index (χ2n) is 2.67. The molecule has 0 spiro atoms. The molecule has 62 valence electrons. The third kappa shape index (κ3) is 1.00. The minimum atomic E-state index is -0.133. The number of benzene rings is 1. The summed E-state index contributed by atoms with van der Waals surface area (Å²) in [7, 11) is 0. The quantitative estimate of drug-likeness (QED) is 0.648. The van der Waals surface area contributed by atoms with Gasteiger partial charge in [-0.15, -0.1) is 0 Å². The summed E-state index contributed by atoms with van der Waals surface area (Å²) in [6, 6.07) is 3.50. The summed E-state index contributed by atoms with van der Waals surface area (Å²) in [6.07, 6.45) is 0. The van der Waals surface area contributed by atoms with Crippen LogP contribution in [0.25, 0.3) is 10.2 Å². The fraction of sp³-hybridized carbons (Fsp3) is 0.125. The molecule has 4 heteroatoms. The number of H-pyrrole nitrogens is 1. The third-order valence-corrected chi connectivity index (χ3v) is 2.48. The van der Waals surface area contributed by atoms with Crippen molar-refractivity contribution in [1.82, 2.24) is 4.98 Å². The number of nitrogens with one attached hydrogen (secondary N) is 1. The lowest BCUT2D eigenvalue weighted by molar-refractivity contribution is 0.480. The number of phenols is 1. The molecular weight excluding hydrogens is 174 g/mol. The normalized spacial score (nSPS) is 10.8. The maximum Gasteiger partial charge on any atom is 0.305 e. The molecule has 0 aliphatic carbocycles. The first-order chi connectivity index (χ1) is 5.66. The third-order valence-electron chi connectivity index (χ3n) is 1.66. The molecule has 1 aromatic carbocycles. The van der Waals surface area contributed by atoms with Crippen molar-refractivity contribution < 1.29 is 5.11 Å². The van der Waals surface area contributed by atoms with Crippen LogP contribution in [0.15, 0.2) is 16.9 Å². The highest BCUT2D eigenvalue weighted by Crippen LogP contribution is 2.25. The van der Waals surface area contributed by atoms with E-state index >= 15 is 0 Å². The summed E-state index contributed by atoms with van der Waals surface area (Å²) >= 11 is 1.11. The molecule has 0 aliphatic heterocycles. The van der Waals surface area contributed by atoms with Gasteiger partial charge in [-0.05, 0) is 24.6 Å². The minimum Gasteiger partial charge on any atom is -0.506 e. The second-order valence-corrected chi connectivity index (χ2v) is 3.69. The highest BCUT2D eigenvalue weighted by molar-refractivity contribution is 7.16. The fourth-order valence-electron chi connectivity index (χ4n) is 1.17. The van der Waals surface area contributed by atoms with Crippen molar-refractivity contribution in [2.75, 3.05) is 0 Å². The van der Waals surface area contributed by atoms with Gasteiger partial charge < -0.3 is 10.1 Å². The van der Waals surface area contributed by atoms with Crippen LogP contribution in [0.3, 0.4) is 0 Å². The van der Waals surface area contributed by atoms with E-state index in [1.165, 1.54) is 0 Å². The van der Waals surface area contributed by atoms with E-state index in [-0.39, 0.29) is 10.6 Å². The van der Waals surface area contributed by atoms with Crippen molar-refractivity contribution in [3.8, 4) is 5.75 Å². The maximum absolute atomic E-state index is 10.9. The summed E-state index contributed by atoms with van der Waals surface area (Å²) in [5.74, 6) is 0.142. The molecule has 0 aliphatic rings. The first-order valence-electron chi connectivity index (χ1n) is 3.49. The lowest BCUT2D eigenvalue weighted by Crippen LogP contribution is -1.89. The molecule has 2 N–H and O–H groups in total. The summed E-state index contributed by atoms with van der Waals surface area (Å²) in [5.41, 5.74) is 1.49. The second kappa shape index (κ2) is 2.35. The van der Waals surface area contributed by atoms with Gasteiger partial charge in [0.1, 0.15) is 11.3 Å². The van der Waals surface area contributed by atoms with Crippen LogP contribution in [0.1, 0.15) is 5.56 Å². The number of fused-ring (bicyclic) bond motifs is 1. The molecule has 0 atom stereocenters. The summed E-state index contributed by atoms with van der Waals surface area (Å²) < 4.78 is 0.803. The van der Waals surface area contributed by atoms with Gasteiger partial charge in [0.25, 0.3) is 0 Å². The number of rotatable bonds is 0. The Morgan fingerprint density at radius 2 is 2.25 bits per heavy atom. The van der Waals surface area contributed by atoms with Crippen molar-refractivity contribution >= 4 is 21.6 Å². The number of hydrogen-bond acceptors (Lipinski definition) is 3. The lowest BCUT2D eigenvalue weighted by atomic mass is 10.2. The zero-order chi connectivity index (χ0) is 8.72. The van der Waals surface area contributed by atoms with Crippen LogP contribution in [0, 0.1) is 6.92 Å². The number of thiazole rings is 1. The summed E-state index contributed by atoms with van der Waals surface area (Å²) in [5, 5.41) is 9.40. The Balaban J connectivity index is 2.97. The van der Waals surface area contributed by atoms with Gasteiger partial charge in [-0.3, -0.25) is 4.79 Å². The van der Waals surface area contributed by atoms with E-state index in [1.807, 2.05) is 13.0 Å². The van der Waals surface area contributed by atoms with E-state index < -0.39 is 0 Å². The van der Waals surface area contributed by atoms with Crippen LogP contribution >= 0.6 is 11.3 Å². The summed E-state index contributed by atoms with van der Waals surface area (Å²) in [4.78, 5) is 13.3. The maximum atomic E-state index is 10.9. The van der Waals surface area contributed by atoms with Gasteiger partial charge in [-0.2, -0.15) is 0 Å². The number of aryl methyl sites for hydroxylation is 1. The molecule has 0 unspecified atom stereocenters. The van der Waals surface area contributed by atoms with Crippen LogP contribution in [0.5, 0.6) is 5.75 Å². The van der Waals surface area contributed by atoms with Gasteiger partial charge in [0.15, 0.2) is 0 Å². The van der Waals surface area contributed by atoms with Crippen LogP contribution in [-0.4, -0.2) is 10.1 Å². The largest absolute Gasteiger partial charge is 0.506 e. The Morgan fingerprint density at radius 1 is 1.50 bits per heavy atom. The molecule has 0 radical (unpaired) electrons. The van der Waals surface area contributed by atoms with Crippen molar-refractivity contribution in [3.63, 3.8) is 0 Å². The van der Waals surface area contributed by atoms with E-state index in [4.69, 9.17) is 0 Å². The van der Waals surface area contributed by atoms with Crippen LogP contribution in [0.4, 0.5) is 0 Å². The molecule has 2 rings (SSSR count). The molecule has 0 amide bonds. The van der Waals surface area contributed by atoms with Gasteiger partial charge in [-0.25, -0.2) is 0 Å². The molecule has 2 aromatic rings. The number of hydrogen-bond donors (Lipinski definition) is 2. The molecule has 0 saturated carbocycles. The monoisotopic (exact) mass is 181 g/mol. The fourth-order valence-corrected chi connectivity index (χ4v) is 2.02. The van der Waals surface area contributed by atoms with E-state index in [9.17, 15) is 9.90 Å². The van der Waals surface area contributed by atoms with Crippen LogP contribution < -0.4 is 4.87 Å². The zero-order valence-corrected chi connectivity index (χ0v) is 7.23. The van der Waals surface area contributed by atoms with E-state index in [0.717, 1.165) is 21.6 Å². The Hall–Kier alpha value is -1.29. The number of aromatic nitrogens is 1.